The Morgan fingerprint density at radius 3 is 2.61 bits per heavy atom. The third-order valence-corrected chi connectivity index (χ3v) is 6.17. The largest absolute Gasteiger partial charge is 0.349 e. The maximum Gasteiger partial charge on any atom is 0.255 e. The van der Waals surface area contributed by atoms with Gasteiger partial charge in [-0.2, -0.15) is 0 Å². The molecule has 3 fully saturated rings. The van der Waals surface area contributed by atoms with E-state index in [-0.39, 0.29) is 29.4 Å². The first-order valence-electron chi connectivity index (χ1n) is 10.5. The summed E-state index contributed by atoms with van der Waals surface area (Å²) >= 11 is 0. The molecule has 0 spiro atoms. The topological polar surface area (TPSA) is 83.9 Å². The van der Waals surface area contributed by atoms with Crippen LogP contribution in [-0.2, 0) is 0 Å². The molecule has 7 nitrogen and oxygen atoms in total. The fourth-order valence-corrected chi connectivity index (χ4v) is 4.73. The Morgan fingerprint density at radius 1 is 1.10 bits per heavy atom. The highest BCUT2D eigenvalue weighted by molar-refractivity contribution is 6.00. The van der Waals surface area contributed by atoms with Crippen LogP contribution in [0.1, 0.15) is 35.2 Å². The number of aromatic nitrogens is 4. The van der Waals surface area contributed by atoms with Crippen molar-refractivity contribution in [2.75, 3.05) is 11.9 Å². The molecule has 2 bridgehead atoms. The Labute approximate surface area is 179 Å². The number of piperidine rings is 2. The summed E-state index contributed by atoms with van der Waals surface area (Å²) in [4.78, 5) is 32.6. The Kier molecular flexibility index (Phi) is 5.05. The molecule has 4 heterocycles. The number of nitrogens with one attached hydrogen (secondary N) is 1. The number of fused-ring (bicyclic) bond motifs is 3. The molecule has 2 saturated heterocycles. The monoisotopic (exact) mass is 418 g/mol. The molecule has 3 atom stereocenters. The lowest BCUT2D eigenvalue weighted by Gasteiger charge is -2.50. The minimum atomic E-state index is -0.498. The van der Waals surface area contributed by atoms with E-state index >= 15 is 0 Å². The fourth-order valence-electron chi connectivity index (χ4n) is 4.73. The van der Waals surface area contributed by atoms with Gasteiger partial charge in [-0.3, -0.25) is 4.79 Å². The van der Waals surface area contributed by atoms with Crippen LogP contribution in [0.5, 0.6) is 0 Å². The van der Waals surface area contributed by atoms with Crippen LogP contribution in [0.15, 0.2) is 49.1 Å². The van der Waals surface area contributed by atoms with E-state index in [1.165, 1.54) is 6.07 Å². The highest BCUT2D eigenvalue weighted by Gasteiger charge is 2.44. The smallest absolute Gasteiger partial charge is 0.255 e. The van der Waals surface area contributed by atoms with E-state index in [9.17, 15) is 9.18 Å². The normalized spacial score (nSPS) is 22.4. The number of benzene rings is 1. The number of hydrogen-bond acceptors (Lipinski definition) is 6. The van der Waals surface area contributed by atoms with Gasteiger partial charge in [0.25, 0.3) is 5.91 Å². The van der Waals surface area contributed by atoms with Crippen molar-refractivity contribution in [2.45, 2.75) is 38.3 Å². The lowest BCUT2D eigenvalue weighted by atomic mass is 9.76. The lowest BCUT2D eigenvalue weighted by Crippen LogP contribution is -2.60. The summed E-state index contributed by atoms with van der Waals surface area (Å²) in [6, 6.07) is 6.28. The van der Waals surface area contributed by atoms with Gasteiger partial charge in [0.2, 0.25) is 5.95 Å². The minimum Gasteiger partial charge on any atom is -0.349 e. The van der Waals surface area contributed by atoms with Crippen molar-refractivity contribution in [3.8, 4) is 11.4 Å². The number of halogens is 1. The molecule has 1 amide bonds. The molecule has 6 rings (SSSR count). The van der Waals surface area contributed by atoms with Crippen molar-refractivity contribution in [1.82, 2.24) is 24.8 Å². The zero-order valence-corrected chi connectivity index (χ0v) is 17.2. The Balaban J connectivity index is 1.45. The van der Waals surface area contributed by atoms with Crippen LogP contribution in [0, 0.1) is 18.7 Å². The first kappa shape index (κ1) is 19.5. The van der Waals surface area contributed by atoms with E-state index in [0.717, 1.165) is 24.8 Å². The van der Waals surface area contributed by atoms with Gasteiger partial charge in [-0.25, -0.2) is 24.3 Å². The summed E-state index contributed by atoms with van der Waals surface area (Å²) < 4.78 is 14.8. The molecular weight excluding hydrogens is 395 g/mol. The highest BCUT2D eigenvalue weighted by Crippen LogP contribution is 2.38. The summed E-state index contributed by atoms with van der Waals surface area (Å²) in [6.07, 6.45) is 9.59. The van der Waals surface area contributed by atoms with Crippen LogP contribution in [0.2, 0.25) is 0 Å². The van der Waals surface area contributed by atoms with E-state index in [1.807, 2.05) is 11.8 Å². The van der Waals surface area contributed by atoms with Crippen molar-refractivity contribution in [3.05, 3.63) is 66.0 Å². The van der Waals surface area contributed by atoms with Gasteiger partial charge in [0.05, 0.1) is 17.2 Å². The molecule has 2 aromatic heterocycles. The van der Waals surface area contributed by atoms with Crippen LogP contribution in [-0.4, -0.2) is 49.4 Å². The summed E-state index contributed by atoms with van der Waals surface area (Å²) in [5, 5.41) is 3.42. The van der Waals surface area contributed by atoms with Crippen molar-refractivity contribution < 1.29 is 9.18 Å². The van der Waals surface area contributed by atoms with Crippen molar-refractivity contribution in [1.29, 1.82) is 0 Å². The van der Waals surface area contributed by atoms with Crippen LogP contribution in [0.4, 0.5) is 10.3 Å². The van der Waals surface area contributed by atoms with Crippen LogP contribution >= 0.6 is 0 Å². The molecule has 31 heavy (non-hydrogen) atoms. The highest BCUT2D eigenvalue weighted by atomic mass is 19.1. The number of hydrogen-bond donors (Lipinski definition) is 1. The number of carbonyl (C=O) groups is 1. The first-order chi connectivity index (χ1) is 15.1. The zero-order chi connectivity index (χ0) is 21.4. The average Bonchev–Trinajstić information content (AvgIpc) is 2.81. The van der Waals surface area contributed by atoms with Gasteiger partial charge < -0.3 is 10.2 Å². The van der Waals surface area contributed by atoms with Gasteiger partial charge in [0.15, 0.2) is 5.82 Å². The molecule has 3 aliphatic rings. The zero-order valence-electron chi connectivity index (χ0n) is 17.2. The summed E-state index contributed by atoms with van der Waals surface area (Å²) in [6.45, 7) is 2.61. The molecule has 2 aliphatic heterocycles. The van der Waals surface area contributed by atoms with E-state index < -0.39 is 5.82 Å². The lowest BCUT2D eigenvalue weighted by molar-refractivity contribution is 0.0281. The number of rotatable bonds is 4. The number of aryl methyl sites for hydroxylation is 1. The van der Waals surface area contributed by atoms with Gasteiger partial charge in [0.1, 0.15) is 5.82 Å². The maximum absolute atomic E-state index is 14.8. The second-order valence-electron chi connectivity index (χ2n) is 8.27. The summed E-state index contributed by atoms with van der Waals surface area (Å²) in [7, 11) is 0. The van der Waals surface area contributed by atoms with Crippen LogP contribution in [0.3, 0.4) is 0 Å². The standard InChI is InChI=1S/C23H23FN6O/c1-14-11-27-23(28-12-14)29-18-10-15-6-7-19(18)30(13-15)22(31)16-4-2-5-17(24)20(16)21-25-8-3-9-26-21/h2-5,8-9,11-12,15,18-19H,6-7,10,13H2,1H3,(H,27,28,29). The SMILES string of the molecule is Cc1cnc(NC2CC3CCC2N(C(=O)c2cccc(F)c2-c2ncccn2)C3)nc1. The molecule has 3 aromatic rings. The van der Waals surface area contributed by atoms with Crippen LogP contribution < -0.4 is 5.32 Å². The van der Waals surface area contributed by atoms with Gasteiger partial charge in [0, 0.05) is 37.4 Å². The molecule has 1 saturated carbocycles. The van der Waals surface area contributed by atoms with Crippen molar-refractivity contribution in [3.63, 3.8) is 0 Å². The molecule has 8 heteroatoms. The number of anilines is 1. The van der Waals surface area contributed by atoms with E-state index in [2.05, 4.69) is 25.3 Å². The predicted molar refractivity (Wildman–Crippen MR) is 114 cm³/mol. The summed E-state index contributed by atoms with van der Waals surface area (Å²) in [5.74, 6) is 0.491. The van der Waals surface area contributed by atoms with E-state index in [1.54, 1.807) is 43.0 Å². The second-order valence-corrected chi connectivity index (χ2v) is 8.27. The van der Waals surface area contributed by atoms with Gasteiger partial charge >= 0.3 is 0 Å². The second kappa shape index (κ2) is 8.02. The molecule has 1 aliphatic carbocycles. The molecule has 1 N–H and O–H groups in total. The molecule has 158 valence electrons. The first-order valence-corrected chi connectivity index (χ1v) is 10.5. The van der Waals surface area contributed by atoms with Gasteiger partial charge in [-0.15, -0.1) is 0 Å². The molecular formula is C23H23FN6O. The van der Waals surface area contributed by atoms with Crippen molar-refractivity contribution in [2.24, 2.45) is 5.92 Å². The quantitative estimate of drug-likeness (QED) is 0.698. The third-order valence-electron chi connectivity index (χ3n) is 6.17. The molecule has 3 unspecified atom stereocenters. The van der Waals surface area contributed by atoms with E-state index in [4.69, 9.17) is 0 Å². The molecule has 0 radical (unpaired) electrons. The number of amides is 1. The third kappa shape index (κ3) is 3.73. The average molecular weight is 418 g/mol. The fraction of sp³-hybridized carbons (Fsp3) is 0.348. The predicted octanol–water partition coefficient (Wildman–Crippen LogP) is 3.49. The van der Waals surface area contributed by atoms with Crippen molar-refractivity contribution >= 4 is 11.9 Å². The molecule has 1 aromatic carbocycles. The number of carbonyl (C=O) groups excluding carboxylic acids is 1. The Morgan fingerprint density at radius 2 is 1.87 bits per heavy atom. The van der Waals surface area contributed by atoms with Gasteiger partial charge in [-0.05, 0) is 55.9 Å². The maximum atomic E-state index is 14.8. The Bertz CT molecular complexity index is 1090. The van der Waals surface area contributed by atoms with Crippen LogP contribution in [0.25, 0.3) is 11.4 Å². The van der Waals surface area contributed by atoms with E-state index in [0.29, 0.717) is 24.0 Å². The van der Waals surface area contributed by atoms with Gasteiger partial charge in [-0.1, -0.05) is 6.07 Å². The minimum absolute atomic E-state index is 0.00443. The number of nitrogens with zero attached hydrogens (tertiary/aromatic N) is 5. The summed E-state index contributed by atoms with van der Waals surface area (Å²) in [5.41, 5.74) is 1.44. The Hall–Kier alpha value is -3.42.